The van der Waals surface area contributed by atoms with Crippen LogP contribution in [-0.2, 0) is 26.2 Å². The molecule has 7 nitrogen and oxygen atoms in total. The van der Waals surface area contributed by atoms with E-state index in [9.17, 15) is 18.3 Å². The Balaban J connectivity index is 2.14. The first-order valence-corrected chi connectivity index (χ1v) is 10.4. The van der Waals surface area contributed by atoms with Gasteiger partial charge in [0.25, 0.3) is 10.0 Å². The Morgan fingerprint density at radius 3 is 2.38 bits per heavy atom. The molecule has 1 heterocycles. The van der Waals surface area contributed by atoms with Crippen molar-refractivity contribution < 1.29 is 27.8 Å². The summed E-state index contributed by atoms with van der Waals surface area (Å²) in [6.07, 6.45) is 0. The third kappa shape index (κ3) is 4.10. The molecule has 3 aromatic rings. The van der Waals surface area contributed by atoms with Crippen LogP contribution in [0.25, 0.3) is 10.9 Å². The van der Waals surface area contributed by atoms with Gasteiger partial charge in [0.05, 0.1) is 29.8 Å². The van der Waals surface area contributed by atoms with Gasteiger partial charge in [0.1, 0.15) is 5.75 Å². The average molecular weight is 438 g/mol. The summed E-state index contributed by atoms with van der Waals surface area (Å²) in [7, 11) is -2.50. The lowest BCUT2D eigenvalue weighted by Gasteiger charge is -2.21. The molecule has 0 atom stereocenters. The number of ether oxygens (including phenoxy) is 2. The van der Waals surface area contributed by atoms with Crippen LogP contribution >= 0.6 is 11.6 Å². The maximum Gasteiger partial charge on any atom is 0.335 e. The van der Waals surface area contributed by atoms with Gasteiger partial charge in [0, 0.05) is 10.4 Å². The molecule has 0 radical (unpaired) electrons. The summed E-state index contributed by atoms with van der Waals surface area (Å²) in [6, 6.07) is 12.5. The number of benzene rings is 2. The highest BCUT2D eigenvalue weighted by atomic mass is 35.5. The first-order chi connectivity index (χ1) is 13.6. The number of carboxylic acids is 1. The van der Waals surface area contributed by atoms with E-state index in [1.165, 1.54) is 33.1 Å². The van der Waals surface area contributed by atoms with Crippen LogP contribution < -0.4 is 4.74 Å². The number of halogens is 1. The molecule has 1 aromatic heterocycles. The van der Waals surface area contributed by atoms with Gasteiger partial charge in [-0.25, -0.2) is 17.2 Å². The van der Waals surface area contributed by atoms with Crippen LogP contribution in [0.1, 0.15) is 19.5 Å². The molecule has 0 bridgehead atoms. The number of aliphatic carboxylic acids is 1. The number of fused-ring (bicyclic) bond motifs is 1. The van der Waals surface area contributed by atoms with Gasteiger partial charge in [-0.3, -0.25) is 0 Å². The third-order valence-corrected chi connectivity index (χ3v) is 6.50. The molecule has 0 saturated heterocycles. The summed E-state index contributed by atoms with van der Waals surface area (Å²) in [5, 5.41) is 10.3. The Morgan fingerprint density at radius 1 is 1.14 bits per heavy atom. The van der Waals surface area contributed by atoms with E-state index in [2.05, 4.69) is 0 Å². The lowest BCUT2D eigenvalue weighted by atomic mass is 10.1. The van der Waals surface area contributed by atoms with Crippen molar-refractivity contribution in [2.45, 2.75) is 31.0 Å². The summed E-state index contributed by atoms with van der Waals surface area (Å²) >= 11 is 6.05. The molecule has 0 fully saturated rings. The molecule has 0 aliphatic heterocycles. The predicted octanol–water partition coefficient (Wildman–Crippen LogP) is 3.92. The van der Waals surface area contributed by atoms with Crippen LogP contribution in [0.3, 0.4) is 0 Å². The fraction of sp³-hybridized carbons (Fsp3) is 0.250. The molecule has 29 heavy (non-hydrogen) atoms. The second-order valence-corrected chi connectivity index (χ2v) is 9.11. The number of carbonyl (C=O) groups is 1. The Hall–Kier alpha value is -2.55. The Morgan fingerprint density at radius 2 is 1.79 bits per heavy atom. The van der Waals surface area contributed by atoms with Gasteiger partial charge in [0.15, 0.2) is 5.60 Å². The van der Waals surface area contributed by atoms with Gasteiger partial charge < -0.3 is 14.6 Å². The summed E-state index contributed by atoms with van der Waals surface area (Å²) < 4.78 is 38.5. The maximum absolute atomic E-state index is 13.4. The number of rotatable bonds is 7. The van der Waals surface area contributed by atoms with Crippen molar-refractivity contribution in [1.82, 2.24) is 3.97 Å². The van der Waals surface area contributed by atoms with E-state index in [0.29, 0.717) is 21.7 Å². The van der Waals surface area contributed by atoms with Crippen LogP contribution in [-0.4, -0.2) is 36.2 Å². The Bertz CT molecular complexity index is 1170. The molecule has 1 N–H and O–H groups in total. The van der Waals surface area contributed by atoms with E-state index in [-0.39, 0.29) is 17.2 Å². The van der Waals surface area contributed by atoms with Gasteiger partial charge in [-0.1, -0.05) is 11.6 Å². The van der Waals surface area contributed by atoms with Gasteiger partial charge in [0.2, 0.25) is 0 Å². The zero-order valence-corrected chi connectivity index (χ0v) is 17.6. The first-order valence-electron chi connectivity index (χ1n) is 8.63. The fourth-order valence-electron chi connectivity index (χ4n) is 2.77. The molecule has 154 valence electrons. The average Bonchev–Trinajstić information content (AvgIpc) is 3.04. The van der Waals surface area contributed by atoms with E-state index in [4.69, 9.17) is 21.1 Å². The molecule has 0 aliphatic rings. The zero-order chi connectivity index (χ0) is 21.4. The van der Waals surface area contributed by atoms with Crippen LogP contribution in [0.5, 0.6) is 5.75 Å². The third-order valence-electron chi connectivity index (χ3n) is 4.48. The smallest absolute Gasteiger partial charge is 0.335 e. The van der Waals surface area contributed by atoms with E-state index in [1.54, 1.807) is 36.4 Å². The van der Waals surface area contributed by atoms with E-state index in [1.807, 2.05) is 0 Å². The number of methoxy groups -OCH3 is 1. The minimum atomic E-state index is -3.99. The number of hydrogen-bond acceptors (Lipinski definition) is 5. The van der Waals surface area contributed by atoms with Crippen LogP contribution in [0.15, 0.2) is 53.4 Å². The first kappa shape index (κ1) is 21.2. The largest absolute Gasteiger partial charge is 0.497 e. The highest BCUT2D eigenvalue weighted by Crippen LogP contribution is 2.30. The molecule has 3 rings (SSSR count). The fourth-order valence-corrected chi connectivity index (χ4v) is 4.48. The number of hydrogen-bond donors (Lipinski definition) is 1. The van der Waals surface area contributed by atoms with Crippen molar-refractivity contribution in [2.75, 3.05) is 7.11 Å². The van der Waals surface area contributed by atoms with Crippen LogP contribution in [0.2, 0.25) is 5.02 Å². The molecule has 2 aromatic carbocycles. The van der Waals surface area contributed by atoms with Crippen LogP contribution in [0.4, 0.5) is 0 Å². The Labute approximate surface area is 173 Å². The lowest BCUT2D eigenvalue weighted by Crippen LogP contribution is -2.34. The zero-order valence-electron chi connectivity index (χ0n) is 16.0. The van der Waals surface area contributed by atoms with Gasteiger partial charge >= 0.3 is 5.97 Å². The minimum absolute atomic E-state index is 0.0597. The second-order valence-electron chi connectivity index (χ2n) is 6.89. The minimum Gasteiger partial charge on any atom is -0.497 e. The van der Waals surface area contributed by atoms with Gasteiger partial charge in [-0.15, -0.1) is 0 Å². The molecular weight excluding hydrogens is 418 g/mol. The predicted molar refractivity (Wildman–Crippen MR) is 109 cm³/mol. The quantitative estimate of drug-likeness (QED) is 0.602. The molecule has 0 unspecified atom stereocenters. The molecule has 0 saturated carbocycles. The second kappa shape index (κ2) is 7.70. The number of aromatic nitrogens is 1. The van der Waals surface area contributed by atoms with Gasteiger partial charge in [-0.05, 0) is 62.4 Å². The number of nitrogens with zero attached hydrogens (tertiary/aromatic N) is 1. The Kier molecular flexibility index (Phi) is 5.62. The van der Waals surface area contributed by atoms with Crippen molar-refractivity contribution in [3.8, 4) is 5.75 Å². The summed E-state index contributed by atoms with van der Waals surface area (Å²) in [6.45, 7) is 2.58. The summed E-state index contributed by atoms with van der Waals surface area (Å²) in [5.74, 6) is -0.624. The SMILES string of the molecule is COc1ccc(S(=O)(=O)n2c(COC(C)(C)C(=O)O)cc3cc(Cl)ccc32)cc1. The standard InChI is InChI=1S/C20H20ClNO6S/c1-20(2,19(23)24)28-12-15-11-13-10-14(21)4-9-18(13)22(15)29(25,26)17-7-5-16(27-3)6-8-17/h4-11H,12H2,1-3H3,(H,23,24). The number of carboxylic acid groups (broad SMARTS) is 1. The molecule has 0 spiro atoms. The molecule has 9 heteroatoms. The van der Waals surface area contributed by atoms with E-state index in [0.717, 1.165) is 3.97 Å². The van der Waals surface area contributed by atoms with Crippen molar-refractivity contribution in [3.05, 3.63) is 59.2 Å². The summed E-state index contributed by atoms with van der Waals surface area (Å²) in [4.78, 5) is 11.4. The monoisotopic (exact) mass is 437 g/mol. The summed E-state index contributed by atoms with van der Waals surface area (Å²) in [5.41, 5.74) is -0.785. The van der Waals surface area contributed by atoms with Crippen molar-refractivity contribution in [2.24, 2.45) is 0 Å². The molecule has 0 aliphatic carbocycles. The van der Waals surface area contributed by atoms with Gasteiger partial charge in [-0.2, -0.15) is 0 Å². The topological polar surface area (TPSA) is 94.8 Å². The van der Waals surface area contributed by atoms with E-state index < -0.39 is 21.6 Å². The molecular formula is C20H20ClNO6S. The van der Waals surface area contributed by atoms with E-state index >= 15 is 0 Å². The molecule has 0 amide bonds. The highest BCUT2D eigenvalue weighted by Gasteiger charge is 2.30. The normalized spacial score (nSPS) is 12.3. The van der Waals surface area contributed by atoms with Crippen molar-refractivity contribution in [1.29, 1.82) is 0 Å². The van der Waals surface area contributed by atoms with Crippen LogP contribution in [0, 0.1) is 0 Å². The lowest BCUT2D eigenvalue weighted by molar-refractivity contribution is -0.162. The van der Waals surface area contributed by atoms with Crippen molar-refractivity contribution in [3.63, 3.8) is 0 Å². The highest BCUT2D eigenvalue weighted by molar-refractivity contribution is 7.90. The maximum atomic E-state index is 13.4. The van der Waals surface area contributed by atoms with Crippen molar-refractivity contribution >= 4 is 38.5 Å².